The second-order valence-corrected chi connectivity index (χ2v) is 8.24. The highest BCUT2D eigenvalue weighted by Crippen LogP contribution is 2.56. The van der Waals surface area contributed by atoms with Crippen molar-refractivity contribution < 1.29 is 19.1 Å². The quantitative estimate of drug-likeness (QED) is 0.542. The molecule has 0 saturated heterocycles. The van der Waals surface area contributed by atoms with Gasteiger partial charge in [-0.05, 0) is 76.0 Å². The Labute approximate surface area is 156 Å². The number of rotatable bonds is 5. The van der Waals surface area contributed by atoms with Crippen molar-refractivity contribution in [2.45, 2.75) is 65.2 Å². The molecule has 0 spiro atoms. The molecule has 0 aromatic heterocycles. The number of carbonyl (C=O) groups excluding carboxylic acids is 2. The summed E-state index contributed by atoms with van der Waals surface area (Å²) in [7, 11) is 0. The molecule has 4 aliphatic carbocycles. The van der Waals surface area contributed by atoms with Crippen LogP contribution in [0.5, 0.6) is 0 Å². The molecule has 26 heavy (non-hydrogen) atoms. The molecule has 0 aromatic rings. The number of allylic oxidation sites excluding steroid dienone is 2. The minimum atomic E-state index is -0.315. The van der Waals surface area contributed by atoms with E-state index in [0.717, 1.165) is 25.7 Å². The highest BCUT2D eigenvalue weighted by atomic mass is 16.5. The molecule has 4 aliphatic rings. The van der Waals surface area contributed by atoms with Crippen LogP contribution in [-0.4, -0.2) is 25.2 Å². The maximum atomic E-state index is 12.9. The first-order valence-electron chi connectivity index (χ1n) is 10.5. The molecule has 4 atom stereocenters. The van der Waals surface area contributed by atoms with Crippen LogP contribution in [0, 0.1) is 23.7 Å². The molecule has 0 heterocycles. The smallest absolute Gasteiger partial charge is 0.338 e. The summed E-state index contributed by atoms with van der Waals surface area (Å²) in [6, 6.07) is 0. The summed E-state index contributed by atoms with van der Waals surface area (Å²) in [4.78, 5) is 25.9. The third-order valence-corrected chi connectivity index (χ3v) is 7.03. The van der Waals surface area contributed by atoms with Crippen LogP contribution < -0.4 is 0 Å². The normalized spacial score (nSPS) is 35.6. The maximum Gasteiger partial charge on any atom is 0.338 e. The summed E-state index contributed by atoms with van der Waals surface area (Å²) in [5.41, 5.74) is 3.49. The molecule has 0 bridgehead atoms. The first kappa shape index (κ1) is 17.8. The lowest BCUT2D eigenvalue weighted by Crippen LogP contribution is -2.33. The minimum Gasteiger partial charge on any atom is -0.462 e. The van der Waals surface area contributed by atoms with Gasteiger partial charge in [0.05, 0.1) is 24.4 Å². The zero-order chi connectivity index (χ0) is 18.3. The monoisotopic (exact) mass is 358 g/mol. The molecule has 0 amide bonds. The van der Waals surface area contributed by atoms with Crippen LogP contribution in [-0.2, 0) is 19.1 Å². The fraction of sp³-hybridized carbons (Fsp3) is 0.727. The van der Waals surface area contributed by atoms with Gasteiger partial charge >= 0.3 is 11.9 Å². The molecule has 0 aromatic carbocycles. The van der Waals surface area contributed by atoms with Gasteiger partial charge in [-0.2, -0.15) is 0 Å². The van der Waals surface area contributed by atoms with Crippen molar-refractivity contribution in [1.29, 1.82) is 0 Å². The largest absolute Gasteiger partial charge is 0.462 e. The number of hydrogen-bond acceptors (Lipinski definition) is 4. The van der Waals surface area contributed by atoms with Crippen LogP contribution in [0.4, 0.5) is 0 Å². The maximum absolute atomic E-state index is 12.9. The van der Waals surface area contributed by atoms with Crippen molar-refractivity contribution in [2.75, 3.05) is 13.2 Å². The van der Waals surface area contributed by atoms with Gasteiger partial charge in [0.1, 0.15) is 0 Å². The third-order valence-electron chi connectivity index (χ3n) is 7.03. The predicted octanol–water partition coefficient (Wildman–Crippen LogP) is 4.35. The Bertz CT molecular complexity index is 614. The second-order valence-electron chi connectivity index (χ2n) is 8.24. The molecule has 4 rings (SSSR count). The summed E-state index contributed by atoms with van der Waals surface area (Å²) in [6.45, 7) is 4.32. The van der Waals surface area contributed by atoms with E-state index in [0.29, 0.717) is 48.0 Å². The Kier molecular flexibility index (Phi) is 4.94. The van der Waals surface area contributed by atoms with Gasteiger partial charge in [-0.1, -0.05) is 24.0 Å². The minimum absolute atomic E-state index is 0.315. The SMILES string of the molecule is CCOC(=O)C(/C(C(=O)OCC)=C1\C[C@H]2CCC[C@@H]12)=C1/C[C@H]2CCC[C@@H]12. The van der Waals surface area contributed by atoms with E-state index in [4.69, 9.17) is 9.47 Å². The van der Waals surface area contributed by atoms with Crippen LogP contribution >= 0.6 is 0 Å². The molecule has 4 fully saturated rings. The lowest BCUT2D eigenvalue weighted by molar-refractivity contribution is -0.142. The molecule has 0 N–H and O–H groups in total. The van der Waals surface area contributed by atoms with Crippen LogP contribution in [0.15, 0.2) is 22.3 Å². The Morgan fingerprint density at radius 1 is 0.769 bits per heavy atom. The molecule has 4 nitrogen and oxygen atoms in total. The Hall–Kier alpha value is -1.58. The highest BCUT2D eigenvalue weighted by Gasteiger charge is 2.47. The van der Waals surface area contributed by atoms with E-state index < -0.39 is 0 Å². The van der Waals surface area contributed by atoms with E-state index in [1.54, 1.807) is 0 Å². The Morgan fingerprint density at radius 3 is 1.54 bits per heavy atom. The summed E-state index contributed by atoms with van der Waals surface area (Å²) < 4.78 is 10.8. The van der Waals surface area contributed by atoms with Gasteiger partial charge in [-0.15, -0.1) is 0 Å². The molecule has 142 valence electrons. The molecular formula is C22H30O4. The van der Waals surface area contributed by atoms with Crippen molar-refractivity contribution in [1.82, 2.24) is 0 Å². The van der Waals surface area contributed by atoms with E-state index in [9.17, 15) is 9.59 Å². The van der Waals surface area contributed by atoms with Crippen LogP contribution in [0.2, 0.25) is 0 Å². The van der Waals surface area contributed by atoms with E-state index in [2.05, 4.69) is 0 Å². The first-order valence-corrected chi connectivity index (χ1v) is 10.5. The molecule has 4 saturated carbocycles. The number of carbonyl (C=O) groups is 2. The van der Waals surface area contributed by atoms with Crippen LogP contribution in [0.1, 0.15) is 65.2 Å². The number of esters is 2. The van der Waals surface area contributed by atoms with E-state index in [1.165, 1.54) is 36.8 Å². The van der Waals surface area contributed by atoms with Crippen molar-refractivity contribution in [3.63, 3.8) is 0 Å². The number of fused-ring (bicyclic) bond motifs is 2. The van der Waals surface area contributed by atoms with E-state index in [1.807, 2.05) is 13.8 Å². The van der Waals surface area contributed by atoms with Gasteiger partial charge in [-0.3, -0.25) is 0 Å². The topological polar surface area (TPSA) is 52.6 Å². The van der Waals surface area contributed by atoms with Crippen molar-refractivity contribution in [2.24, 2.45) is 23.7 Å². The molecule has 4 heteroatoms. The zero-order valence-electron chi connectivity index (χ0n) is 16.0. The Morgan fingerprint density at radius 2 is 1.19 bits per heavy atom. The lowest BCUT2D eigenvalue weighted by atomic mass is 9.65. The average Bonchev–Trinajstić information content (AvgIpc) is 3.13. The van der Waals surface area contributed by atoms with Gasteiger partial charge in [0.15, 0.2) is 0 Å². The van der Waals surface area contributed by atoms with Crippen LogP contribution in [0.25, 0.3) is 0 Å². The standard InChI is InChI=1S/C22H30O4/c1-3-25-21(23)19(17-11-13-7-5-9-15(13)17)20(22(24)26-4-2)18-12-14-8-6-10-16(14)18/h13-16H,3-12H2,1-2H3/b19-17-,20-18-/t13-,14-,15-,16-/m1/s1. The second kappa shape index (κ2) is 7.21. The van der Waals surface area contributed by atoms with Gasteiger partial charge in [-0.25, -0.2) is 9.59 Å². The third kappa shape index (κ3) is 2.82. The Balaban J connectivity index is 1.77. The van der Waals surface area contributed by atoms with Gasteiger partial charge < -0.3 is 9.47 Å². The zero-order valence-corrected chi connectivity index (χ0v) is 16.0. The fourth-order valence-corrected chi connectivity index (χ4v) is 5.80. The number of hydrogen-bond donors (Lipinski definition) is 0. The number of ether oxygens (including phenoxy) is 2. The summed E-state index contributed by atoms with van der Waals surface area (Å²) in [5, 5.41) is 0. The summed E-state index contributed by atoms with van der Waals surface area (Å²) >= 11 is 0. The van der Waals surface area contributed by atoms with Gasteiger partial charge in [0.25, 0.3) is 0 Å². The van der Waals surface area contributed by atoms with Crippen molar-refractivity contribution in [3.05, 3.63) is 22.3 Å². The van der Waals surface area contributed by atoms with E-state index in [-0.39, 0.29) is 11.9 Å². The summed E-state index contributed by atoms with van der Waals surface area (Å²) in [5.74, 6) is 1.71. The van der Waals surface area contributed by atoms with Crippen molar-refractivity contribution in [3.8, 4) is 0 Å². The van der Waals surface area contributed by atoms with Crippen molar-refractivity contribution >= 4 is 11.9 Å². The first-order chi connectivity index (χ1) is 12.7. The van der Waals surface area contributed by atoms with E-state index >= 15 is 0 Å². The molecular weight excluding hydrogens is 328 g/mol. The molecule has 0 aliphatic heterocycles. The predicted molar refractivity (Wildman–Crippen MR) is 98.2 cm³/mol. The van der Waals surface area contributed by atoms with Gasteiger partial charge in [0.2, 0.25) is 0 Å². The average molecular weight is 358 g/mol. The molecule has 0 unspecified atom stereocenters. The van der Waals surface area contributed by atoms with Gasteiger partial charge in [0, 0.05) is 0 Å². The highest BCUT2D eigenvalue weighted by molar-refractivity contribution is 6.08. The summed E-state index contributed by atoms with van der Waals surface area (Å²) in [6.07, 6.45) is 9.13. The molecule has 0 radical (unpaired) electrons. The lowest BCUT2D eigenvalue weighted by Gasteiger charge is -2.39. The fourth-order valence-electron chi connectivity index (χ4n) is 5.80. The van der Waals surface area contributed by atoms with Crippen LogP contribution in [0.3, 0.4) is 0 Å².